The van der Waals surface area contributed by atoms with Gasteiger partial charge in [0.1, 0.15) is 5.52 Å². The molecule has 0 saturated carbocycles. The van der Waals surface area contributed by atoms with Gasteiger partial charge in [0.25, 0.3) is 0 Å². The second-order valence-electron chi connectivity index (χ2n) is 3.93. The molecule has 0 saturated heterocycles. The summed E-state index contributed by atoms with van der Waals surface area (Å²) in [6, 6.07) is 10.4. The van der Waals surface area contributed by atoms with Crippen LogP contribution < -0.4 is 0 Å². The van der Waals surface area contributed by atoms with Gasteiger partial charge in [-0.2, -0.15) is 10.2 Å². The summed E-state index contributed by atoms with van der Waals surface area (Å²) < 4.78 is 2.11. The average Bonchev–Trinajstić information content (AvgIpc) is 2.81. The number of nitrogens with zero attached hydrogens (tertiary/aromatic N) is 4. The van der Waals surface area contributed by atoms with Crippen LogP contribution in [0.3, 0.4) is 0 Å². The van der Waals surface area contributed by atoms with Crippen molar-refractivity contribution in [3.63, 3.8) is 0 Å². The highest BCUT2D eigenvalue weighted by Gasteiger charge is 2.02. The molecule has 0 unspecified atom stereocenters. The van der Waals surface area contributed by atoms with E-state index >= 15 is 0 Å². The Labute approximate surface area is 98.9 Å². The second kappa shape index (κ2) is 4.33. The maximum absolute atomic E-state index is 4.29. The molecule has 0 spiro atoms. The Morgan fingerprint density at radius 2 is 1.82 bits per heavy atom. The lowest BCUT2D eigenvalue weighted by molar-refractivity contribution is 0.714. The van der Waals surface area contributed by atoms with E-state index in [1.165, 1.54) is 5.56 Å². The Morgan fingerprint density at radius 3 is 2.71 bits per heavy atom. The van der Waals surface area contributed by atoms with Crippen molar-refractivity contribution in [1.82, 2.24) is 19.7 Å². The molecule has 0 atom stereocenters. The van der Waals surface area contributed by atoms with Gasteiger partial charge >= 0.3 is 0 Å². The molecule has 2 heterocycles. The normalized spacial score (nSPS) is 10.8. The third-order valence-electron chi connectivity index (χ3n) is 2.82. The minimum atomic E-state index is 0.896. The van der Waals surface area contributed by atoms with Crippen LogP contribution in [0.1, 0.15) is 5.56 Å². The molecule has 3 aromatic rings. The first-order chi connectivity index (χ1) is 8.43. The monoisotopic (exact) mass is 224 g/mol. The van der Waals surface area contributed by atoms with Crippen LogP contribution in [0.4, 0.5) is 0 Å². The number of aromatic nitrogens is 4. The number of aryl methyl sites for hydroxylation is 2. The molecule has 17 heavy (non-hydrogen) atoms. The lowest BCUT2D eigenvalue weighted by atomic mass is 10.1. The first-order valence-corrected chi connectivity index (χ1v) is 5.59. The van der Waals surface area contributed by atoms with E-state index in [9.17, 15) is 0 Å². The predicted molar refractivity (Wildman–Crippen MR) is 65.5 cm³/mol. The summed E-state index contributed by atoms with van der Waals surface area (Å²) in [5.74, 6) is 0. The summed E-state index contributed by atoms with van der Waals surface area (Å²) in [5, 5.41) is 7.71. The quantitative estimate of drug-likeness (QED) is 0.684. The van der Waals surface area contributed by atoms with Gasteiger partial charge in [-0.3, -0.25) is 0 Å². The number of benzene rings is 1. The maximum Gasteiger partial charge on any atom is 0.110 e. The van der Waals surface area contributed by atoms with Gasteiger partial charge in [0.05, 0.1) is 24.2 Å². The fourth-order valence-electron chi connectivity index (χ4n) is 1.90. The minimum Gasteiger partial charge on any atom is -0.329 e. The van der Waals surface area contributed by atoms with E-state index in [0.29, 0.717) is 0 Å². The Kier molecular flexibility index (Phi) is 2.54. The summed E-state index contributed by atoms with van der Waals surface area (Å²) in [7, 11) is 0. The van der Waals surface area contributed by atoms with Crippen LogP contribution in [-0.2, 0) is 13.0 Å². The number of hydrogen-bond acceptors (Lipinski definition) is 3. The van der Waals surface area contributed by atoms with Crippen molar-refractivity contribution in [2.45, 2.75) is 13.0 Å². The lowest BCUT2D eigenvalue weighted by Gasteiger charge is -2.03. The molecule has 0 N–H and O–H groups in total. The Bertz CT molecular complexity index is 615. The predicted octanol–water partition coefficient (Wildman–Crippen LogP) is 2.07. The third kappa shape index (κ3) is 2.01. The molecule has 0 amide bonds. The Morgan fingerprint density at radius 1 is 1.00 bits per heavy atom. The van der Waals surface area contributed by atoms with E-state index in [1.54, 1.807) is 12.4 Å². The molecule has 3 rings (SSSR count). The standard InChI is InChI=1S/C13H12N4/c1-2-4-11(5-3-1)6-7-17-10-14-12-8-15-16-9-13(12)17/h1-5,8-10H,6-7H2. The first kappa shape index (κ1) is 9.96. The van der Waals surface area contributed by atoms with Crippen LogP contribution in [-0.4, -0.2) is 19.7 Å². The van der Waals surface area contributed by atoms with Crippen LogP contribution in [0, 0.1) is 0 Å². The van der Waals surface area contributed by atoms with Crippen molar-refractivity contribution < 1.29 is 0 Å². The number of hydrogen-bond donors (Lipinski definition) is 0. The summed E-state index contributed by atoms with van der Waals surface area (Å²) in [6.45, 7) is 0.909. The SMILES string of the molecule is c1ccc(CCn2cnc3cnncc32)cc1. The number of rotatable bonds is 3. The molecule has 1 aromatic carbocycles. The molecule has 0 fully saturated rings. The van der Waals surface area contributed by atoms with Crippen molar-refractivity contribution >= 4 is 11.0 Å². The maximum atomic E-state index is 4.29. The molecule has 4 heteroatoms. The highest BCUT2D eigenvalue weighted by atomic mass is 15.1. The molecule has 0 aliphatic heterocycles. The van der Waals surface area contributed by atoms with Crippen molar-refractivity contribution in [2.24, 2.45) is 0 Å². The van der Waals surface area contributed by atoms with Gasteiger partial charge in [0.15, 0.2) is 0 Å². The number of fused-ring (bicyclic) bond motifs is 1. The zero-order valence-electron chi connectivity index (χ0n) is 9.32. The Balaban J connectivity index is 1.82. The fraction of sp³-hybridized carbons (Fsp3) is 0.154. The summed E-state index contributed by atoms with van der Waals surface area (Å²) >= 11 is 0. The third-order valence-corrected chi connectivity index (χ3v) is 2.82. The van der Waals surface area contributed by atoms with E-state index in [1.807, 2.05) is 12.4 Å². The van der Waals surface area contributed by atoms with Gasteiger partial charge < -0.3 is 4.57 Å². The van der Waals surface area contributed by atoms with Crippen molar-refractivity contribution in [2.75, 3.05) is 0 Å². The van der Waals surface area contributed by atoms with E-state index in [4.69, 9.17) is 0 Å². The first-order valence-electron chi connectivity index (χ1n) is 5.59. The average molecular weight is 224 g/mol. The van der Waals surface area contributed by atoms with Crippen molar-refractivity contribution in [3.05, 3.63) is 54.6 Å². The van der Waals surface area contributed by atoms with Crippen molar-refractivity contribution in [1.29, 1.82) is 0 Å². The van der Waals surface area contributed by atoms with Crippen LogP contribution >= 0.6 is 0 Å². The van der Waals surface area contributed by atoms with E-state index in [-0.39, 0.29) is 0 Å². The van der Waals surface area contributed by atoms with E-state index in [0.717, 1.165) is 24.0 Å². The highest BCUT2D eigenvalue weighted by molar-refractivity contribution is 5.72. The van der Waals surface area contributed by atoms with Gasteiger partial charge in [-0.1, -0.05) is 30.3 Å². The van der Waals surface area contributed by atoms with Crippen molar-refractivity contribution in [3.8, 4) is 0 Å². The van der Waals surface area contributed by atoms with Crippen LogP contribution in [0.25, 0.3) is 11.0 Å². The molecule has 0 radical (unpaired) electrons. The smallest absolute Gasteiger partial charge is 0.110 e. The second-order valence-corrected chi connectivity index (χ2v) is 3.93. The van der Waals surface area contributed by atoms with Crippen LogP contribution in [0.5, 0.6) is 0 Å². The zero-order valence-corrected chi connectivity index (χ0v) is 9.32. The highest BCUT2D eigenvalue weighted by Crippen LogP contribution is 2.10. The molecule has 0 aliphatic rings. The number of imidazole rings is 1. The zero-order chi connectivity index (χ0) is 11.5. The largest absolute Gasteiger partial charge is 0.329 e. The molecule has 0 aliphatic carbocycles. The molecular formula is C13H12N4. The minimum absolute atomic E-state index is 0.896. The summed E-state index contributed by atoms with van der Waals surface area (Å²) in [6.07, 6.45) is 6.28. The van der Waals surface area contributed by atoms with Gasteiger partial charge in [0, 0.05) is 6.54 Å². The lowest BCUT2D eigenvalue weighted by Crippen LogP contribution is -2.00. The summed E-state index contributed by atoms with van der Waals surface area (Å²) in [4.78, 5) is 4.29. The van der Waals surface area contributed by atoms with E-state index in [2.05, 4.69) is 44.0 Å². The van der Waals surface area contributed by atoms with Gasteiger partial charge in [-0.15, -0.1) is 0 Å². The summed E-state index contributed by atoms with van der Waals surface area (Å²) in [5.41, 5.74) is 3.26. The topological polar surface area (TPSA) is 43.6 Å². The molecule has 0 bridgehead atoms. The fourth-order valence-corrected chi connectivity index (χ4v) is 1.90. The van der Waals surface area contributed by atoms with E-state index < -0.39 is 0 Å². The Hall–Kier alpha value is -2.23. The molecule has 84 valence electrons. The van der Waals surface area contributed by atoms with Gasteiger partial charge in [-0.25, -0.2) is 4.98 Å². The van der Waals surface area contributed by atoms with Gasteiger partial charge in [0.2, 0.25) is 0 Å². The molecular weight excluding hydrogens is 212 g/mol. The van der Waals surface area contributed by atoms with Gasteiger partial charge in [-0.05, 0) is 12.0 Å². The van der Waals surface area contributed by atoms with Crippen LogP contribution in [0.15, 0.2) is 49.1 Å². The molecule has 4 nitrogen and oxygen atoms in total. The molecule has 2 aromatic heterocycles. The van der Waals surface area contributed by atoms with Crippen LogP contribution in [0.2, 0.25) is 0 Å².